The number of methoxy groups -OCH3 is 1. The van der Waals surface area contributed by atoms with E-state index >= 15 is 0 Å². The van der Waals surface area contributed by atoms with Gasteiger partial charge in [0.15, 0.2) is 0 Å². The molecule has 0 amide bonds. The van der Waals surface area contributed by atoms with E-state index in [1.807, 2.05) is 19.1 Å². The molecule has 0 spiro atoms. The molecular formula is C22H30N2O. The van der Waals surface area contributed by atoms with Crippen LogP contribution in [0.3, 0.4) is 0 Å². The second kappa shape index (κ2) is 9.26. The molecule has 0 aliphatic heterocycles. The van der Waals surface area contributed by atoms with Gasteiger partial charge in [0.2, 0.25) is 0 Å². The molecular weight excluding hydrogens is 308 g/mol. The van der Waals surface area contributed by atoms with Gasteiger partial charge in [-0.25, -0.2) is 0 Å². The molecule has 134 valence electrons. The van der Waals surface area contributed by atoms with Crippen molar-refractivity contribution in [2.75, 3.05) is 7.11 Å². The van der Waals surface area contributed by atoms with Crippen molar-refractivity contribution in [1.82, 2.24) is 5.32 Å². The Labute approximate surface area is 152 Å². The van der Waals surface area contributed by atoms with Crippen LogP contribution in [0.5, 0.6) is 5.75 Å². The van der Waals surface area contributed by atoms with Crippen LogP contribution in [0.2, 0.25) is 0 Å². The predicted octanol–water partition coefficient (Wildman–Crippen LogP) is 5.51. The summed E-state index contributed by atoms with van der Waals surface area (Å²) in [5, 5.41) is 3.32. The highest BCUT2D eigenvalue weighted by Gasteiger charge is 2.12. The summed E-state index contributed by atoms with van der Waals surface area (Å²) >= 11 is 0. The summed E-state index contributed by atoms with van der Waals surface area (Å²) in [4.78, 5) is 4.61. The zero-order chi connectivity index (χ0) is 18.2. The summed E-state index contributed by atoms with van der Waals surface area (Å²) in [6.45, 7) is 8.44. The maximum atomic E-state index is 5.52. The largest absolute Gasteiger partial charge is 0.496 e. The molecule has 1 aromatic carbocycles. The van der Waals surface area contributed by atoms with Crippen LogP contribution in [0.4, 0.5) is 0 Å². The van der Waals surface area contributed by atoms with E-state index in [2.05, 4.69) is 61.6 Å². The SMILES string of the molecule is CCC(C)N=C(C)N/C=C(\C)C1=CCCC(c2ccccc2OC)=C1. The van der Waals surface area contributed by atoms with Crippen LogP contribution in [-0.4, -0.2) is 19.0 Å². The van der Waals surface area contributed by atoms with Gasteiger partial charge in [-0.05, 0) is 62.8 Å². The fourth-order valence-electron chi connectivity index (χ4n) is 2.85. The average Bonchev–Trinajstić information content (AvgIpc) is 2.66. The van der Waals surface area contributed by atoms with Crippen LogP contribution in [0.25, 0.3) is 5.57 Å². The zero-order valence-electron chi connectivity index (χ0n) is 16.1. The van der Waals surface area contributed by atoms with Crippen molar-refractivity contribution < 1.29 is 4.74 Å². The van der Waals surface area contributed by atoms with Gasteiger partial charge in [0.1, 0.15) is 5.75 Å². The molecule has 0 radical (unpaired) electrons. The average molecular weight is 338 g/mol. The van der Waals surface area contributed by atoms with E-state index < -0.39 is 0 Å². The molecule has 25 heavy (non-hydrogen) atoms. The molecule has 1 aromatic rings. The van der Waals surface area contributed by atoms with Crippen molar-refractivity contribution in [2.45, 2.75) is 53.0 Å². The maximum absolute atomic E-state index is 5.52. The number of rotatable bonds is 6. The number of para-hydroxylation sites is 1. The van der Waals surface area contributed by atoms with Gasteiger partial charge in [-0.1, -0.05) is 37.3 Å². The van der Waals surface area contributed by atoms with E-state index in [1.165, 1.54) is 22.3 Å². The lowest BCUT2D eigenvalue weighted by Gasteiger charge is -2.17. The van der Waals surface area contributed by atoms with E-state index in [9.17, 15) is 0 Å². The molecule has 0 saturated carbocycles. The quantitative estimate of drug-likeness (QED) is 0.548. The minimum Gasteiger partial charge on any atom is -0.496 e. The third-order valence-electron chi connectivity index (χ3n) is 4.52. The van der Waals surface area contributed by atoms with Crippen molar-refractivity contribution in [3.8, 4) is 5.75 Å². The van der Waals surface area contributed by atoms with Gasteiger partial charge >= 0.3 is 0 Å². The number of nitrogens with one attached hydrogen (secondary N) is 1. The third-order valence-corrected chi connectivity index (χ3v) is 4.52. The summed E-state index contributed by atoms with van der Waals surface area (Å²) in [6.07, 6.45) is 9.76. The normalized spacial score (nSPS) is 16.8. The second-order valence-corrected chi connectivity index (χ2v) is 6.51. The van der Waals surface area contributed by atoms with Crippen LogP contribution in [-0.2, 0) is 0 Å². The first-order valence-corrected chi connectivity index (χ1v) is 9.07. The molecule has 1 atom stereocenters. The highest BCUT2D eigenvalue weighted by molar-refractivity contribution is 5.81. The van der Waals surface area contributed by atoms with Crippen molar-refractivity contribution in [2.24, 2.45) is 4.99 Å². The van der Waals surface area contributed by atoms with E-state index in [4.69, 9.17) is 4.74 Å². The topological polar surface area (TPSA) is 33.6 Å². The summed E-state index contributed by atoms with van der Waals surface area (Å²) in [5.41, 5.74) is 4.99. The highest BCUT2D eigenvalue weighted by Crippen LogP contribution is 2.33. The number of nitrogens with zero attached hydrogens (tertiary/aromatic N) is 1. The van der Waals surface area contributed by atoms with E-state index in [1.54, 1.807) is 7.11 Å². The molecule has 1 aliphatic rings. The lowest BCUT2D eigenvalue weighted by molar-refractivity contribution is 0.413. The van der Waals surface area contributed by atoms with Crippen LogP contribution in [0, 0.1) is 0 Å². The third kappa shape index (κ3) is 5.35. The van der Waals surface area contributed by atoms with Crippen LogP contribution < -0.4 is 10.1 Å². The van der Waals surface area contributed by atoms with Gasteiger partial charge in [0.25, 0.3) is 0 Å². The van der Waals surface area contributed by atoms with Crippen molar-refractivity contribution in [1.29, 1.82) is 0 Å². The Morgan fingerprint density at radius 2 is 2.08 bits per heavy atom. The van der Waals surface area contributed by atoms with Gasteiger partial charge in [0, 0.05) is 17.8 Å². The highest BCUT2D eigenvalue weighted by atomic mass is 16.5. The van der Waals surface area contributed by atoms with Crippen LogP contribution >= 0.6 is 0 Å². The van der Waals surface area contributed by atoms with Gasteiger partial charge in [0.05, 0.1) is 12.9 Å². The van der Waals surface area contributed by atoms with Gasteiger partial charge < -0.3 is 10.1 Å². The number of hydrogen-bond donors (Lipinski definition) is 1. The van der Waals surface area contributed by atoms with Gasteiger partial charge in [-0.2, -0.15) is 0 Å². The van der Waals surface area contributed by atoms with E-state index in [-0.39, 0.29) is 0 Å². The van der Waals surface area contributed by atoms with Crippen molar-refractivity contribution >= 4 is 11.4 Å². The lowest BCUT2D eigenvalue weighted by atomic mass is 9.91. The minimum absolute atomic E-state index is 0.354. The number of amidine groups is 1. The molecule has 0 aromatic heterocycles. The summed E-state index contributed by atoms with van der Waals surface area (Å²) in [5.74, 6) is 1.89. The molecule has 2 rings (SSSR count). The van der Waals surface area contributed by atoms with Gasteiger partial charge in [-0.3, -0.25) is 4.99 Å². The number of benzene rings is 1. The number of ether oxygens (including phenoxy) is 1. The summed E-state index contributed by atoms with van der Waals surface area (Å²) in [6, 6.07) is 8.58. The molecule has 0 heterocycles. The molecule has 0 fully saturated rings. The molecule has 0 saturated heterocycles. The first-order chi connectivity index (χ1) is 12.0. The summed E-state index contributed by atoms with van der Waals surface area (Å²) in [7, 11) is 1.73. The first-order valence-electron chi connectivity index (χ1n) is 9.07. The van der Waals surface area contributed by atoms with Crippen molar-refractivity contribution in [3.63, 3.8) is 0 Å². The second-order valence-electron chi connectivity index (χ2n) is 6.51. The lowest BCUT2D eigenvalue weighted by Crippen LogP contribution is -2.16. The number of allylic oxidation sites excluding steroid dienone is 5. The Hall–Kier alpha value is -2.29. The predicted molar refractivity (Wildman–Crippen MR) is 108 cm³/mol. The fraction of sp³-hybridized carbons (Fsp3) is 0.409. The Morgan fingerprint density at radius 1 is 1.32 bits per heavy atom. The number of hydrogen-bond acceptors (Lipinski definition) is 2. The van der Waals surface area contributed by atoms with Crippen LogP contribution in [0.1, 0.15) is 52.5 Å². The Morgan fingerprint density at radius 3 is 2.80 bits per heavy atom. The van der Waals surface area contributed by atoms with E-state index in [0.717, 1.165) is 30.8 Å². The maximum Gasteiger partial charge on any atom is 0.126 e. The molecule has 3 heteroatoms. The molecule has 3 nitrogen and oxygen atoms in total. The molecule has 1 unspecified atom stereocenters. The molecule has 1 N–H and O–H groups in total. The standard InChI is InChI=1S/C22H30N2O/c1-6-17(3)24-18(4)23-15-16(2)19-10-9-11-20(14-19)21-12-7-8-13-22(21)25-5/h7-8,10,12-15,17H,6,9,11H2,1-5H3,(H,23,24)/b16-15+. The molecule has 1 aliphatic carbocycles. The molecule has 0 bridgehead atoms. The smallest absolute Gasteiger partial charge is 0.126 e. The van der Waals surface area contributed by atoms with Crippen LogP contribution in [0.15, 0.2) is 58.8 Å². The summed E-state index contributed by atoms with van der Waals surface area (Å²) < 4.78 is 5.52. The monoisotopic (exact) mass is 338 g/mol. The number of aliphatic imine (C=N–C) groups is 1. The first kappa shape index (κ1) is 19.0. The fourth-order valence-corrected chi connectivity index (χ4v) is 2.85. The zero-order valence-corrected chi connectivity index (χ0v) is 16.1. The Bertz CT molecular complexity index is 710. The minimum atomic E-state index is 0.354. The van der Waals surface area contributed by atoms with Crippen molar-refractivity contribution in [3.05, 3.63) is 59.3 Å². The van der Waals surface area contributed by atoms with E-state index in [0.29, 0.717) is 6.04 Å². The Kier molecular flexibility index (Phi) is 7.05. The van der Waals surface area contributed by atoms with Gasteiger partial charge in [-0.15, -0.1) is 0 Å². The Balaban J connectivity index is 2.16.